The number of nitrogens with zero attached hydrogens (tertiary/aromatic N) is 3. The van der Waals surface area contributed by atoms with Gasteiger partial charge in [0.05, 0.1) is 11.9 Å². The first-order valence-electron chi connectivity index (χ1n) is 6.85. The third kappa shape index (κ3) is 2.45. The van der Waals surface area contributed by atoms with Gasteiger partial charge in [0.2, 0.25) is 0 Å². The fourth-order valence-corrected chi connectivity index (χ4v) is 2.35. The highest BCUT2D eigenvalue weighted by Gasteiger charge is 2.30. The van der Waals surface area contributed by atoms with Crippen LogP contribution in [0.25, 0.3) is 5.69 Å². The van der Waals surface area contributed by atoms with Crippen LogP contribution in [-0.4, -0.2) is 20.1 Å². The number of hydrogen-bond acceptors (Lipinski definition) is 3. The van der Waals surface area contributed by atoms with E-state index in [9.17, 15) is 5.11 Å². The summed E-state index contributed by atoms with van der Waals surface area (Å²) in [6.45, 7) is 3.78. The largest absolute Gasteiger partial charge is 0.379 e. The standard InChI is InChI=1S/C17H17N3O/c1-13-8-10-14(11-9-13)17(2,21)16-12-18-19-20(16)15-6-4-3-5-7-15/h3-12,21H,1-2H3. The lowest BCUT2D eigenvalue weighted by atomic mass is 9.92. The van der Waals surface area contributed by atoms with Crippen LogP contribution in [0.5, 0.6) is 0 Å². The van der Waals surface area contributed by atoms with Gasteiger partial charge >= 0.3 is 0 Å². The summed E-state index contributed by atoms with van der Waals surface area (Å²) in [7, 11) is 0. The van der Waals surface area contributed by atoms with Crippen molar-refractivity contribution < 1.29 is 5.11 Å². The first kappa shape index (κ1) is 13.5. The normalized spacial score (nSPS) is 13.9. The molecule has 0 radical (unpaired) electrons. The summed E-state index contributed by atoms with van der Waals surface area (Å²) in [4.78, 5) is 0. The van der Waals surface area contributed by atoms with Gasteiger partial charge in [-0.2, -0.15) is 0 Å². The summed E-state index contributed by atoms with van der Waals surface area (Å²) >= 11 is 0. The van der Waals surface area contributed by atoms with E-state index in [1.807, 2.05) is 61.5 Å². The highest BCUT2D eigenvalue weighted by atomic mass is 16.3. The van der Waals surface area contributed by atoms with Crippen molar-refractivity contribution in [2.75, 3.05) is 0 Å². The Kier molecular flexibility index (Phi) is 3.31. The minimum absolute atomic E-state index is 0.637. The molecule has 0 fully saturated rings. The van der Waals surface area contributed by atoms with Crippen molar-refractivity contribution in [1.82, 2.24) is 15.0 Å². The first-order valence-corrected chi connectivity index (χ1v) is 6.85. The Balaban J connectivity index is 2.08. The highest BCUT2D eigenvalue weighted by molar-refractivity contribution is 5.38. The Morgan fingerprint density at radius 3 is 2.33 bits per heavy atom. The molecular weight excluding hydrogens is 262 g/mol. The number of para-hydroxylation sites is 1. The van der Waals surface area contributed by atoms with Crippen molar-refractivity contribution in [3.63, 3.8) is 0 Å². The summed E-state index contributed by atoms with van der Waals surface area (Å²) in [5, 5.41) is 19.0. The fraction of sp³-hybridized carbons (Fsp3) is 0.176. The Bertz CT molecular complexity index is 730. The van der Waals surface area contributed by atoms with Crippen LogP contribution in [0.4, 0.5) is 0 Å². The minimum atomic E-state index is -1.16. The molecule has 106 valence electrons. The van der Waals surface area contributed by atoms with Gasteiger partial charge in [-0.1, -0.05) is 53.2 Å². The molecule has 0 saturated heterocycles. The van der Waals surface area contributed by atoms with Crippen molar-refractivity contribution in [1.29, 1.82) is 0 Å². The molecule has 0 aliphatic carbocycles. The lowest BCUT2D eigenvalue weighted by molar-refractivity contribution is 0.0945. The quantitative estimate of drug-likeness (QED) is 0.802. The highest BCUT2D eigenvalue weighted by Crippen LogP contribution is 2.29. The maximum Gasteiger partial charge on any atom is 0.130 e. The molecule has 0 bridgehead atoms. The van der Waals surface area contributed by atoms with Crippen LogP contribution in [0.3, 0.4) is 0 Å². The smallest absolute Gasteiger partial charge is 0.130 e. The maximum atomic E-state index is 11.0. The second-order valence-corrected chi connectivity index (χ2v) is 5.30. The van der Waals surface area contributed by atoms with E-state index in [1.54, 1.807) is 17.8 Å². The van der Waals surface area contributed by atoms with Gasteiger partial charge in [-0.3, -0.25) is 0 Å². The molecule has 4 nitrogen and oxygen atoms in total. The van der Waals surface area contributed by atoms with E-state index in [-0.39, 0.29) is 0 Å². The summed E-state index contributed by atoms with van der Waals surface area (Å²) in [6.07, 6.45) is 1.60. The summed E-state index contributed by atoms with van der Waals surface area (Å²) in [5.41, 5.74) is 2.32. The van der Waals surface area contributed by atoms with Gasteiger partial charge in [0, 0.05) is 0 Å². The number of hydrogen-bond donors (Lipinski definition) is 1. The van der Waals surface area contributed by atoms with E-state index in [2.05, 4.69) is 10.3 Å². The summed E-state index contributed by atoms with van der Waals surface area (Å²) in [5.74, 6) is 0. The predicted octanol–water partition coefficient (Wildman–Crippen LogP) is 2.83. The Morgan fingerprint density at radius 2 is 1.67 bits per heavy atom. The van der Waals surface area contributed by atoms with E-state index in [4.69, 9.17) is 0 Å². The monoisotopic (exact) mass is 279 g/mol. The molecule has 1 N–H and O–H groups in total. The van der Waals surface area contributed by atoms with Crippen molar-refractivity contribution >= 4 is 0 Å². The third-order valence-corrected chi connectivity index (χ3v) is 3.66. The molecule has 21 heavy (non-hydrogen) atoms. The van der Waals surface area contributed by atoms with Crippen LogP contribution in [0.15, 0.2) is 60.8 Å². The molecule has 1 atom stereocenters. The SMILES string of the molecule is Cc1ccc(C(C)(O)c2cnnn2-c2ccccc2)cc1. The van der Waals surface area contributed by atoms with Crippen LogP contribution in [0.2, 0.25) is 0 Å². The van der Waals surface area contributed by atoms with Crippen LogP contribution in [0, 0.1) is 6.92 Å². The van der Waals surface area contributed by atoms with Gasteiger partial charge < -0.3 is 5.11 Å². The fourth-order valence-electron chi connectivity index (χ4n) is 2.35. The molecule has 1 unspecified atom stereocenters. The van der Waals surface area contributed by atoms with Gasteiger partial charge in [-0.25, -0.2) is 4.68 Å². The molecular formula is C17H17N3O. The number of aliphatic hydroxyl groups is 1. The minimum Gasteiger partial charge on any atom is -0.379 e. The molecule has 0 saturated carbocycles. The molecule has 0 amide bonds. The van der Waals surface area contributed by atoms with Gasteiger partial charge in [0.15, 0.2) is 0 Å². The number of aryl methyl sites for hydroxylation is 1. The zero-order valence-electron chi connectivity index (χ0n) is 12.1. The molecule has 0 spiro atoms. The lowest BCUT2D eigenvalue weighted by Gasteiger charge is -2.24. The van der Waals surface area contributed by atoms with Crippen molar-refractivity contribution in [2.45, 2.75) is 19.4 Å². The van der Waals surface area contributed by atoms with Crippen LogP contribution >= 0.6 is 0 Å². The van der Waals surface area contributed by atoms with E-state index in [0.29, 0.717) is 5.69 Å². The van der Waals surface area contributed by atoms with E-state index in [1.165, 1.54) is 0 Å². The lowest BCUT2D eigenvalue weighted by Crippen LogP contribution is -2.26. The average Bonchev–Trinajstić information content (AvgIpc) is 2.99. The zero-order valence-corrected chi connectivity index (χ0v) is 12.1. The van der Waals surface area contributed by atoms with E-state index < -0.39 is 5.60 Å². The molecule has 3 rings (SSSR count). The van der Waals surface area contributed by atoms with Gasteiger partial charge in [0.1, 0.15) is 11.3 Å². The Labute approximate surface area is 123 Å². The van der Waals surface area contributed by atoms with E-state index in [0.717, 1.165) is 16.8 Å². The molecule has 2 aromatic carbocycles. The number of rotatable bonds is 3. The molecule has 0 aliphatic heterocycles. The number of aromatic nitrogens is 3. The Hall–Kier alpha value is -2.46. The van der Waals surface area contributed by atoms with Gasteiger partial charge in [-0.05, 0) is 31.5 Å². The molecule has 0 aliphatic rings. The third-order valence-electron chi connectivity index (χ3n) is 3.66. The van der Waals surface area contributed by atoms with Crippen molar-refractivity contribution in [2.24, 2.45) is 0 Å². The van der Waals surface area contributed by atoms with Gasteiger partial charge in [-0.15, -0.1) is 5.10 Å². The van der Waals surface area contributed by atoms with Crippen LogP contribution in [0.1, 0.15) is 23.7 Å². The zero-order chi connectivity index (χ0) is 14.9. The van der Waals surface area contributed by atoms with Crippen LogP contribution in [-0.2, 0) is 5.60 Å². The maximum absolute atomic E-state index is 11.0. The van der Waals surface area contributed by atoms with Gasteiger partial charge in [0.25, 0.3) is 0 Å². The molecule has 1 heterocycles. The summed E-state index contributed by atoms with van der Waals surface area (Å²) < 4.78 is 1.67. The van der Waals surface area contributed by atoms with Crippen LogP contribution < -0.4 is 0 Å². The molecule has 1 aromatic heterocycles. The molecule has 3 aromatic rings. The average molecular weight is 279 g/mol. The van der Waals surface area contributed by atoms with Crippen molar-refractivity contribution in [3.05, 3.63) is 77.6 Å². The summed E-state index contributed by atoms with van der Waals surface area (Å²) in [6, 6.07) is 17.5. The molecule has 4 heteroatoms. The number of benzene rings is 2. The predicted molar refractivity (Wildman–Crippen MR) is 81.2 cm³/mol. The second-order valence-electron chi connectivity index (χ2n) is 5.30. The first-order chi connectivity index (χ1) is 10.1. The van der Waals surface area contributed by atoms with E-state index >= 15 is 0 Å². The second kappa shape index (κ2) is 5.14. The van der Waals surface area contributed by atoms with Crippen molar-refractivity contribution in [3.8, 4) is 5.69 Å². The topological polar surface area (TPSA) is 50.9 Å². The Morgan fingerprint density at radius 1 is 1.00 bits per heavy atom.